The number of unbranched alkanes of at least 4 members (excludes halogenated alkanes) is 8. The van der Waals surface area contributed by atoms with E-state index in [4.69, 9.17) is 10.2 Å². The average Bonchev–Trinajstić information content (AvgIpc) is 2.53. The second kappa shape index (κ2) is 21.5. The van der Waals surface area contributed by atoms with Crippen LogP contribution in [0.25, 0.3) is 0 Å². The van der Waals surface area contributed by atoms with Gasteiger partial charge in [0, 0.05) is 12.8 Å². The minimum absolute atomic E-state index is 0. The summed E-state index contributed by atoms with van der Waals surface area (Å²) in [5, 5.41) is 18.8. The van der Waals surface area contributed by atoms with Crippen molar-refractivity contribution < 1.29 is 55.6 Å². The molecule has 1 atom stereocenters. The van der Waals surface area contributed by atoms with E-state index in [1.54, 1.807) is 6.92 Å². The van der Waals surface area contributed by atoms with Crippen LogP contribution in [0.4, 0.5) is 0 Å². The molecule has 0 aliphatic carbocycles. The number of rotatable bonds is 13. The molecule has 0 radical (unpaired) electrons. The molecular weight excluding hydrogens is 333 g/mol. The molecule has 0 aromatic rings. The number of carbonyl (C=O) groups excluding carboxylic acids is 1. The van der Waals surface area contributed by atoms with E-state index in [9.17, 15) is 14.4 Å². The molecular formula is C18H36NNaO5. The molecule has 0 spiro atoms. The fourth-order valence-electron chi connectivity index (χ4n) is 1.97. The fraction of sp³-hybridized carbons (Fsp3) is 0.833. The van der Waals surface area contributed by atoms with Crippen LogP contribution < -0.4 is 34.9 Å². The summed E-state index contributed by atoms with van der Waals surface area (Å²) >= 11 is 0. The largest absolute Gasteiger partial charge is 1.00 e. The molecule has 0 aliphatic heterocycles. The van der Waals surface area contributed by atoms with E-state index in [2.05, 4.69) is 12.2 Å². The molecule has 0 saturated carbocycles. The zero-order valence-corrected chi connectivity index (χ0v) is 18.5. The van der Waals surface area contributed by atoms with Crippen LogP contribution in [0, 0.1) is 0 Å². The van der Waals surface area contributed by atoms with Crippen LogP contribution in [0.2, 0.25) is 0 Å². The SMILES string of the molecule is CCC(=O)O.CCCCCCCCCCCC(=O)NC(C)C(=O)O.[H-].[Na+]. The van der Waals surface area contributed by atoms with Gasteiger partial charge in [0.1, 0.15) is 6.04 Å². The third-order valence-electron chi connectivity index (χ3n) is 3.56. The third kappa shape index (κ3) is 25.8. The van der Waals surface area contributed by atoms with Gasteiger partial charge in [0.15, 0.2) is 0 Å². The first-order chi connectivity index (χ1) is 11.3. The van der Waals surface area contributed by atoms with E-state index < -0.39 is 18.0 Å². The molecule has 0 aliphatic rings. The summed E-state index contributed by atoms with van der Waals surface area (Å²) in [7, 11) is 0. The van der Waals surface area contributed by atoms with Crippen LogP contribution >= 0.6 is 0 Å². The summed E-state index contributed by atoms with van der Waals surface area (Å²) in [5.41, 5.74) is 0. The predicted octanol–water partition coefficient (Wildman–Crippen LogP) is 1.09. The van der Waals surface area contributed by atoms with Gasteiger partial charge in [-0.1, -0.05) is 65.2 Å². The Hall–Kier alpha value is -0.590. The van der Waals surface area contributed by atoms with Gasteiger partial charge in [-0.15, -0.1) is 0 Å². The van der Waals surface area contributed by atoms with Gasteiger partial charge < -0.3 is 17.0 Å². The van der Waals surface area contributed by atoms with E-state index in [1.165, 1.54) is 51.9 Å². The van der Waals surface area contributed by atoms with Gasteiger partial charge in [0.05, 0.1) is 0 Å². The molecule has 6 nitrogen and oxygen atoms in total. The quantitative estimate of drug-likeness (QED) is 0.333. The molecule has 25 heavy (non-hydrogen) atoms. The molecule has 1 amide bonds. The molecule has 0 rings (SSSR count). The summed E-state index contributed by atoms with van der Waals surface area (Å²) in [5.74, 6) is -1.89. The van der Waals surface area contributed by atoms with Crippen molar-refractivity contribution in [3.8, 4) is 0 Å². The first kappa shape index (κ1) is 29.2. The molecule has 7 heteroatoms. The van der Waals surface area contributed by atoms with Gasteiger partial charge in [-0.2, -0.15) is 0 Å². The van der Waals surface area contributed by atoms with Gasteiger partial charge in [0.25, 0.3) is 0 Å². The Bertz CT molecular complexity index is 356. The Morgan fingerprint density at radius 1 is 0.880 bits per heavy atom. The van der Waals surface area contributed by atoms with E-state index in [0.717, 1.165) is 12.8 Å². The molecule has 0 bridgehead atoms. The summed E-state index contributed by atoms with van der Waals surface area (Å²) in [6.07, 6.45) is 11.6. The maximum absolute atomic E-state index is 11.4. The number of hydrogen-bond donors (Lipinski definition) is 3. The maximum atomic E-state index is 11.4. The summed E-state index contributed by atoms with van der Waals surface area (Å²) in [6, 6.07) is -0.786. The van der Waals surface area contributed by atoms with Crippen molar-refractivity contribution in [2.45, 2.75) is 97.4 Å². The monoisotopic (exact) mass is 369 g/mol. The molecule has 0 aromatic heterocycles. The molecule has 0 heterocycles. The number of carboxylic acid groups (broad SMARTS) is 2. The van der Waals surface area contributed by atoms with Crippen LogP contribution in [-0.2, 0) is 14.4 Å². The number of nitrogens with one attached hydrogen (secondary N) is 1. The van der Waals surface area contributed by atoms with Gasteiger partial charge >= 0.3 is 41.5 Å². The molecule has 1 unspecified atom stereocenters. The van der Waals surface area contributed by atoms with Crippen molar-refractivity contribution in [1.82, 2.24) is 5.32 Å². The second-order valence-electron chi connectivity index (χ2n) is 5.95. The minimum Gasteiger partial charge on any atom is -1.00 e. The van der Waals surface area contributed by atoms with Crippen LogP contribution in [0.3, 0.4) is 0 Å². The zero-order valence-electron chi connectivity index (χ0n) is 17.5. The minimum atomic E-state index is -0.986. The van der Waals surface area contributed by atoms with Gasteiger partial charge in [-0.25, -0.2) is 0 Å². The Balaban J connectivity index is -0.000000304. The van der Waals surface area contributed by atoms with Crippen molar-refractivity contribution in [3.63, 3.8) is 0 Å². The number of carboxylic acids is 2. The average molecular weight is 369 g/mol. The Morgan fingerprint density at radius 3 is 1.64 bits per heavy atom. The first-order valence-corrected chi connectivity index (χ1v) is 9.09. The molecule has 3 N–H and O–H groups in total. The van der Waals surface area contributed by atoms with Crippen molar-refractivity contribution >= 4 is 17.8 Å². The van der Waals surface area contributed by atoms with Crippen LogP contribution in [0.1, 0.15) is 92.8 Å². The van der Waals surface area contributed by atoms with Crippen LogP contribution in [0.5, 0.6) is 0 Å². The summed E-state index contributed by atoms with van der Waals surface area (Å²) in [4.78, 5) is 31.3. The number of aliphatic carboxylic acids is 2. The molecule has 0 aromatic carbocycles. The van der Waals surface area contributed by atoms with Gasteiger partial charge in [-0.3, -0.25) is 14.4 Å². The van der Waals surface area contributed by atoms with E-state index in [1.807, 2.05) is 0 Å². The van der Waals surface area contributed by atoms with Crippen molar-refractivity contribution in [3.05, 3.63) is 0 Å². The Morgan fingerprint density at radius 2 is 1.28 bits per heavy atom. The van der Waals surface area contributed by atoms with E-state index in [-0.39, 0.29) is 43.3 Å². The zero-order chi connectivity index (χ0) is 18.8. The normalized spacial score (nSPS) is 10.7. The summed E-state index contributed by atoms with van der Waals surface area (Å²) < 4.78 is 0. The smallest absolute Gasteiger partial charge is 1.00 e. The van der Waals surface area contributed by atoms with E-state index >= 15 is 0 Å². The molecule has 0 fully saturated rings. The van der Waals surface area contributed by atoms with Crippen molar-refractivity contribution in [2.75, 3.05) is 0 Å². The first-order valence-electron chi connectivity index (χ1n) is 9.09. The maximum Gasteiger partial charge on any atom is 1.00 e. The number of amides is 1. The molecule has 0 saturated heterocycles. The van der Waals surface area contributed by atoms with Gasteiger partial charge in [-0.05, 0) is 13.3 Å². The topological polar surface area (TPSA) is 104 Å². The fourth-order valence-corrected chi connectivity index (χ4v) is 1.97. The predicted molar refractivity (Wildman–Crippen MR) is 96.1 cm³/mol. The number of hydrogen-bond acceptors (Lipinski definition) is 3. The van der Waals surface area contributed by atoms with Crippen molar-refractivity contribution in [2.24, 2.45) is 0 Å². The third-order valence-corrected chi connectivity index (χ3v) is 3.56. The standard InChI is InChI=1S/C15H29NO3.C3H6O2.Na.H/c1-3-4-5-6-7-8-9-10-11-12-14(17)16-13(2)15(18)19;1-2-3(4)5;;/h13H,3-12H2,1-2H3,(H,16,17)(H,18,19);2H2,1H3,(H,4,5);;/q;;+1;-1. The van der Waals surface area contributed by atoms with E-state index in [0.29, 0.717) is 6.42 Å². The Labute approximate surface area is 175 Å². The van der Waals surface area contributed by atoms with Gasteiger partial charge in [0.2, 0.25) is 5.91 Å². The van der Waals surface area contributed by atoms with Crippen LogP contribution in [-0.4, -0.2) is 34.1 Å². The second-order valence-corrected chi connectivity index (χ2v) is 5.95. The summed E-state index contributed by atoms with van der Waals surface area (Å²) in [6.45, 7) is 5.30. The van der Waals surface area contributed by atoms with Crippen LogP contribution in [0.15, 0.2) is 0 Å². The number of carbonyl (C=O) groups is 3. The van der Waals surface area contributed by atoms with Crippen molar-refractivity contribution in [1.29, 1.82) is 0 Å². The molecule has 144 valence electrons. The Kier molecular flexibility index (Phi) is 25.0.